The fourth-order valence-corrected chi connectivity index (χ4v) is 2.98. The van der Waals surface area contributed by atoms with Gasteiger partial charge in [0.25, 0.3) is 0 Å². The molecule has 0 spiro atoms. The highest BCUT2D eigenvalue weighted by Crippen LogP contribution is 2.38. The zero-order valence-electron chi connectivity index (χ0n) is 16.1. The summed E-state index contributed by atoms with van der Waals surface area (Å²) in [5, 5.41) is 31.3. The van der Waals surface area contributed by atoms with Crippen molar-refractivity contribution in [3.8, 4) is 34.3 Å². The Morgan fingerprint density at radius 1 is 1.18 bits per heavy atom. The monoisotopic (exact) mass is 382 g/mol. The van der Waals surface area contributed by atoms with Gasteiger partial charge in [-0.15, -0.1) is 10.2 Å². The molecule has 1 heterocycles. The van der Waals surface area contributed by atoms with Crippen molar-refractivity contribution >= 4 is 11.6 Å². The van der Waals surface area contributed by atoms with Gasteiger partial charge in [-0.25, -0.2) is 0 Å². The van der Waals surface area contributed by atoms with Crippen molar-refractivity contribution in [3.05, 3.63) is 42.2 Å². The Morgan fingerprint density at radius 3 is 2.57 bits per heavy atom. The van der Waals surface area contributed by atoms with Crippen LogP contribution in [0.15, 0.2) is 36.7 Å². The number of aromatic hydroxyl groups is 2. The van der Waals surface area contributed by atoms with Gasteiger partial charge in [0.1, 0.15) is 23.6 Å². The molecule has 0 radical (unpaired) electrons. The van der Waals surface area contributed by atoms with Crippen molar-refractivity contribution in [2.24, 2.45) is 0 Å². The standard InChI is InChI=1S/C20H22N4O4/c1-11(2)14-8-15(18(27)9-17(14)26)20-23-21-10-24(20)13-5-6-19(28-4)16(7-13)22-12(3)25/h5-11,26-27H,1-4H3,(H,22,25). The van der Waals surface area contributed by atoms with Crippen molar-refractivity contribution in [2.45, 2.75) is 26.7 Å². The molecule has 0 saturated carbocycles. The third kappa shape index (κ3) is 3.62. The molecular weight excluding hydrogens is 360 g/mol. The molecule has 0 fully saturated rings. The molecule has 0 saturated heterocycles. The third-order valence-electron chi connectivity index (χ3n) is 4.33. The molecule has 0 aliphatic heterocycles. The van der Waals surface area contributed by atoms with Crippen molar-refractivity contribution in [3.63, 3.8) is 0 Å². The van der Waals surface area contributed by atoms with Gasteiger partial charge in [-0.3, -0.25) is 9.36 Å². The molecule has 3 rings (SSSR count). The summed E-state index contributed by atoms with van der Waals surface area (Å²) in [6.45, 7) is 5.31. The fraction of sp³-hybridized carbons (Fsp3) is 0.250. The summed E-state index contributed by atoms with van der Waals surface area (Å²) < 4.78 is 6.97. The van der Waals surface area contributed by atoms with Crippen LogP contribution in [0.5, 0.6) is 17.2 Å². The average molecular weight is 382 g/mol. The Bertz CT molecular complexity index is 1030. The first-order valence-electron chi connectivity index (χ1n) is 8.74. The van der Waals surface area contributed by atoms with Crippen molar-refractivity contribution < 1.29 is 19.7 Å². The van der Waals surface area contributed by atoms with Gasteiger partial charge in [-0.05, 0) is 35.7 Å². The van der Waals surface area contributed by atoms with Gasteiger partial charge in [-0.1, -0.05) is 13.8 Å². The van der Waals surface area contributed by atoms with Crippen LogP contribution in [-0.4, -0.2) is 38.0 Å². The minimum atomic E-state index is -0.225. The highest BCUT2D eigenvalue weighted by Gasteiger charge is 2.18. The van der Waals surface area contributed by atoms with Crippen LogP contribution in [0.2, 0.25) is 0 Å². The lowest BCUT2D eigenvalue weighted by atomic mass is 9.98. The number of nitrogens with one attached hydrogen (secondary N) is 1. The molecular formula is C20H22N4O4. The Morgan fingerprint density at radius 2 is 1.93 bits per heavy atom. The maximum atomic E-state index is 11.5. The highest BCUT2D eigenvalue weighted by atomic mass is 16.5. The molecule has 0 unspecified atom stereocenters. The summed E-state index contributed by atoms with van der Waals surface area (Å²) in [6, 6.07) is 8.25. The number of carbonyl (C=O) groups excluding carboxylic acids is 1. The molecule has 2 aromatic carbocycles. The second-order valence-electron chi connectivity index (χ2n) is 6.67. The summed E-state index contributed by atoms with van der Waals surface area (Å²) in [6.07, 6.45) is 1.51. The minimum Gasteiger partial charge on any atom is -0.508 e. The molecule has 0 atom stereocenters. The van der Waals surface area contributed by atoms with Gasteiger partial charge >= 0.3 is 0 Å². The number of hydrogen-bond donors (Lipinski definition) is 3. The topological polar surface area (TPSA) is 110 Å². The summed E-state index contributed by atoms with van der Waals surface area (Å²) in [7, 11) is 1.52. The predicted molar refractivity (Wildman–Crippen MR) is 105 cm³/mol. The highest BCUT2D eigenvalue weighted by molar-refractivity contribution is 5.91. The van der Waals surface area contributed by atoms with Crippen molar-refractivity contribution in [2.75, 3.05) is 12.4 Å². The Labute approximate surface area is 162 Å². The minimum absolute atomic E-state index is 0.0275. The molecule has 146 valence electrons. The van der Waals surface area contributed by atoms with E-state index in [0.717, 1.165) is 0 Å². The van der Waals surface area contributed by atoms with E-state index in [2.05, 4.69) is 15.5 Å². The largest absolute Gasteiger partial charge is 0.508 e. The van der Waals surface area contributed by atoms with Crippen molar-refractivity contribution in [1.82, 2.24) is 14.8 Å². The van der Waals surface area contributed by atoms with Gasteiger partial charge in [0.2, 0.25) is 5.91 Å². The van der Waals surface area contributed by atoms with Gasteiger partial charge < -0.3 is 20.3 Å². The molecule has 3 aromatic rings. The first-order chi connectivity index (χ1) is 13.3. The van der Waals surface area contributed by atoms with E-state index in [-0.39, 0.29) is 23.3 Å². The van der Waals surface area contributed by atoms with Gasteiger partial charge in [0.05, 0.1) is 24.0 Å². The van der Waals surface area contributed by atoms with Crippen LogP contribution >= 0.6 is 0 Å². The number of nitrogens with zero attached hydrogens (tertiary/aromatic N) is 3. The molecule has 3 N–H and O–H groups in total. The number of methoxy groups -OCH3 is 1. The predicted octanol–water partition coefficient (Wildman–Crippen LogP) is 3.44. The van der Waals surface area contributed by atoms with E-state index in [1.807, 2.05) is 13.8 Å². The van der Waals surface area contributed by atoms with Crippen molar-refractivity contribution in [1.29, 1.82) is 0 Å². The van der Waals surface area contributed by atoms with Crippen LogP contribution in [-0.2, 0) is 4.79 Å². The number of carbonyl (C=O) groups is 1. The first kappa shape index (κ1) is 19.2. The van der Waals surface area contributed by atoms with E-state index in [1.54, 1.807) is 28.8 Å². The van der Waals surface area contributed by atoms with Crippen LogP contribution in [0.25, 0.3) is 17.1 Å². The Kier molecular flexibility index (Phi) is 5.21. The number of hydrogen-bond acceptors (Lipinski definition) is 6. The second kappa shape index (κ2) is 7.59. The summed E-state index contributed by atoms with van der Waals surface area (Å²) >= 11 is 0. The number of ether oxygens (including phenoxy) is 1. The number of phenols is 2. The van der Waals surface area contributed by atoms with Gasteiger partial charge in [-0.2, -0.15) is 0 Å². The smallest absolute Gasteiger partial charge is 0.221 e. The number of aromatic nitrogens is 3. The van der Waals surface area contributed by atoms with Crippen LogP contribution in [0, 0.1) is 0 Å². The number of anilines is 1. The summed E-state index contributed by atoms with van der Waals surface area (Å²) in [5.74, 6) is 0.674. The van der Waals surface area contributed by atoms with Gasteiger partial charge in [0, 0.05) is 13.0 Å². The third-order valence-corrected chi connectivity index (χ3v) is 4.33. The molecule has 1 aromatic heterocycles. The molecule has 0 bridgehead atoms. The first-order valence-corrected chi connectivity index (χ1v) is 8.74. The van der Waals surface area contributed by atoms with Gasteiger partial charge in [0.15, 0.2) is 5.82 Å². The SMILES string of the molecule is COc1ccc(-n2cnnc2-c2cc(C(C)C)c(O)cc2O)cc1NC(C)=O. The van der Waals surface area contributed by atoms with E-state index >= 15 is 0 Å². The quantitative estimate of drug-likeness (QED) is 0.624. The number of phenolic OH excluding ortho intramolecular Hbond substituents is 2. The maximum Gasteiger partial charge on any atom is 0.221 e. The zero-order valence-corrected chi connectivity index (χ0v) is 16.1. The normalized spacial score (nSPS) is 10.9. The molecule has 8 nitrogen and oxygen atoms in total. The fourth-order valence-electron chi connectivity index (χ4n) is 2.98. The lowest BCUT2D eigenvalue weighted by Gasteiger charge is -2.15. The second-order valence-corrected chi connectivity index (χ2v) is 6.67. The number of rotatable bonds is 5. The van der Waals surface area contributed by atoms with E-state index in [1.165, 1.54) is 26.4 Å². The summed E-state index contributed by atoms with van der Waals surface area (Å²) in [4.78, 5) is 11.5. The van der Waals surface area contributed by atoms with Crippen LogP contribution in [0.1, 0.15) is 32.3 Å². The van der Waals surface area contributed by atoms with Crippen LogP contribution < -0.4 is 10.1 Å². The lowest BCUT2D eigenvalue weighted by molar-refractivity contribution is -0.114. The molecule has 0 aliphatic carbocycles. The Hall–Kier alpha value is -3.55. The van der Waals surface area contributed by atoms with E-state index in [4.69, 9.17) is 4.74 Å². The van der Waals surface area contributed by atoms with E-state index < -0.39 is 0 Å². The number of amides is 1. The maximum absolute atomic E-state index is 11.5. The zero-order chi connectivity index (χ0) is 20.4. The van der Waals surface area contributed by atoms with E-state index in [0.29, 0.717) is 34.1 Å². The molecule has 8 heteroatoms. The molecule has 28 heavy (non-hydrogen) atoms. The Balaban J connectivity index is 2.13. The van der Waals surface area contributed by atoms with Crippen LogP contribution in [0.3, 0.4) is 0 Å². The molecule has 1 amide bonds. The average Bonchev–Trinajstić information content (AvgIpc) is 3.10. The van der Waals surface area contributed by atoms with Crippen LogP contribution in [0.4, 0.5) is 5.69 Å². The summed E-state index contributed by atoms with van der Waals surface area (Å²) in [5.41, 5.74) is 2.31. The molecule has 0 aliphatic rings. The van der Waals surface area contributed by atoms with E-state index in [9.17, 15) is 15.0 Å². The number of benzene rings is 2. The lowest BCUT2D eigenvalue weighted by Crippen LogP contribution is -2.08.